The Morgan fingerprint density at radius 2 is 1.72 bits per heavy atom. The Bertz CT molecular complexity index is 1280. The number of aryl methyl sites for hydroxylation is 3. The number of piperazine rings is 1. The van der Waals surface area contributed by atoms with Crippen molar-refractivity contribution in [1.29, 1.82) is 0 Å². The van der Waals surface area contributed by atoms with Crippen LogP contribution in [0.15, 0.2) is 35.2 Å². The highest BCUT2D eigenvalue weighted by Gasteiger charge is 2.33. The van der Waals surface area contributed by atoms with E-state index in [4.69, 9.17) is 11.6 Å². The van der Waals surface area contributed by atoms with Gasteiger partial charge in [0.25, 0.3) is 5.91 Å². The van der Waals surface area contributed by atoms with Gasteiger partial charge in [0.15, 0.2) is 0 Å². The Kier molecular flexibility index (Phi) is 6.15. The second-order valence-electron chi connectivity index (χ2n) is 7.61. The molecule has 3 heterocycles. The maximum Gasteiger partial charge on any atom is 0.259 e. The lowest BCUT2D eigenvalue weighted by atomic mass is 10.2. The lowest BCUT2D eigenvalue weighted by Crippen LogP contribution is -2.50. The molecular weight excluding hydrogens is 475 g/mol. The third-order valence-electron chi connectivity index (χ3n) is 5.43. The minimum absolute atomic E-state index is 0.138. The molecule has 0 spiro atoms. The zero-order chi connectivity index (χ0) is 23.2. The number of nitrogens with zero attached hydrogens (tertiary/aromatic N) is 4. The average molecular weight is 497 g/mol. The number of thiophene rings is 1. The summed E-state index contributed by atoms with van der Waals surface area (Å²) < 4.78 is 42.1. The number of rotatable bonds is 4. The minimum Gasteiger partial charge on any atom is -0.336 e. The number of hydrogen-bond acceptors (Lipinski definition) is 5. The topological polar surface area (TPSA) is 75.5 Å². The van der Waals surface area contributed by atoms with Crippen LogP contribution in [-0.4, -0.2) is 59.5 Å². The highest BCUT2D eigenvalue weighted by molar-refractivity contribution is 7.89. The highest BCUT2D eigenvalue weighted by Crippen LogP contribution is 2.29. The number of aromatic nitrogens is 2. The molecule has 7 nitrogen and oxygen atoms in total. The molecule has 0 atom stereocenters. The maximum atomic E-state index is 13.2. The van der Waals surface area contributed by atoms with Crippen molar-refractivity contribution in [3.05, 3.63) is 62.3 Å². The van der Waals surface area contributed by atoms with Crippen LogP contribution in [0.3, 0.4) is 0 Å². The SMILES string of the molecule is Cc1cc(S(=O)(=O)N2CCN(C(=O)c3c(C)nn(-c4ccc(F)cc4)c3Cl)CC2)c(C)s1. The van der Waals surface area contributed by atoms with Crippen LogP contribution < -0.4 is 0 Å². The van der Waals surface area contributed by atoms with Gasteiger partial charge in [-0.2, -0.15) is 9.40 Å². The van der Waals surface area contributed by atoms with E-state index in [1.54, 1.807) is 24.8 Å². The van der Waals surface area contributed by atoms with Crippen molar-refractivity contribution in [3.8, 4) is 5.69 Å². The molecule has 0 saturated carbocycles. The van der Waals surface area contributed by atoms with Crippen LogP contribution in [0, 0.1) is 26.6 Å². The molecule has 4 rings (SSSR count). The Balaban J connectivity index is 1.52. The van der Waals surface area contributed by atoms with Gasteiger partial charge in [0, 0.05) is 35.9 Å². The van der Waals surface area contributed by atoms with Gasteiger partial charge < -0.3 is 4.90 Å². The molecule has 3 aromatic rings. The van der Waals surface area contributed by atoms with E-state index in [9.17, 15) is 17.6 Å². The number of sulfonamides is 1. The largest absolute Gasteiger partial charge is 0.336 e. The Morgan fingerprint density at radius 1 is 1.09 bits per heavy atom. The smallest absolute Gasteiger partial charge is 0.259 e. The molecule has 1 aliphatic heterocycles. The van der Waals surface area contributed by atoms with E-state index < -0.39 is 10.0 Å². The number of hydrogen-bond donors (Lipinski definition) is 0. The number of halogens is 2. The molecule has 1 fully saturated rings. The normalized spacial score (nSPS) is 15.3. The van der Waals surface area contributed by atoms with E-state index in [1.165, 1.54) is 44.6 Å². The Morgan fingerprint density at radius 3 is 2.28 bits per heavy atom. The van der Waals surface area contributed by atoms with Crippen molar-refractivity contribution < 1.29 is 17.6 Å². The molecule has 32 heavy (non-hydrogen) atoms. The van der Waals surface area contributed by atoms with E-state index in [0.29, 0.717) is 16.3 Å². The third kappa shape index (κ3) is 4.07. The van der Waals surface area contributed by atoms with Gasteiger partial charge in [0.1, 0.15) is 11.0 Å². The molecule has 1 aromatic carbocycles. The molecule has 0 N–H and O–H groups in total. The van der Waals surface area contributed by atoms with Crippen molar-refractivity contribution in [3.63, 3.8) is 0 Å². The summed E-state index contributed by atoms with van der Waals surface area (Å²) in [4.78, 5) is 16.8. The number of carbonyl (C=O) groups is 1. The summed E-state index contributed by atoms with van der Waals surface area (Å²) in [5.74, 6) is -0.689. The summed E-state index contributed by atoms with van der Waals surface area (Å²) in [5, 5.41) is 4.48. The fraction of sp³-hybridized carbons (Fsp3) is 0.333. The summed E-state index contributed by atoms with van der Waals surface area (Å²) in [6, 6.07) is 7.33. The Hall–Kier alpha value is -2.27. The van der Waals surface area contributed by atoms with Crippen molar-refractivity contribution in [2.75, 3.05) is 26.2 Å². The average Bonchev–Trinajstić information content (AvgIpc) is 3.26. The van der Waals surface area contributed by atoms with E-state index in [-0.39, 0.29) is 48.6 Å². The standard InChI is InChI=1S/C21H22ClFN4O3S2/c1-13-12-18(15(3)31-13)32(29,30)26-10-8-25(9-11-26)21(28)19-14(2)24-27(20(19)22)17-6-4-16(23)5-7-17/h4-7,12H,8-11H2,1-3H3. The van der Waals surface area contributed by atoms with Gasteiger partial charge in [-0.3, -0.25) is 4.79 Å². The summed E-state index contributed by atoms with van der Waals surface area (Å²) in [7, 11) is -3.60. The molecular formula is C21H22ClFN4O3S2. The molecule has 170 valence electrons. The van der Waals surface area contributed by atoms with Crippen LogP contribution >= 0.6 is 22.9 Å². The molecule has 1 amide bonds. The van der Waals surface area contributed by atoms with Gasteiger partial charge in [0.2, 0.25) is 10.0 Å². The number of carbonyl (C=O) groups excluding carboxylic acids is 1. The fourth-order valence-corrected chi connectivity index (χ4v) is 7.09. The molecule has 0 radical (unpaired) electrons. The van der Waals surface area contributed by atoms with Crippen LogP contribution in [0.2, 0.25) is 5.15 Å². The van der Waals surface area contributed by atoms with E-state index >= 15 is 0 Å². The quantitative estimate of drug-likeness (QED) is 0.550. The molecule has 11 heteroatoms. The summed E-state index contributed by atoms with van der Waals surface area (Å²) in [6.45, 7) is 6.26. The van der Waals surface area contributed by atoms with Crippen LogP contribution in [0.5, 0.6) is 0 Å². The molecule has 2 aromatic heterocycles. The van der Waals surface area contributed by atoms with Gasteiger partial charge in [0.05, 0.1) is 21.8 Å². The first kappa shape index (κ1) is 22.9. The second-order valence-corrected chi connectivity index (χ2v) is 11.3. The summed E-state index contributed by atoms with van der Waals surface area (Å²) in [6.07, 6.45) is 0. The first-order chi connectivity index (χ1) is 15.1. The summed E-state index contributed by atoms with van der Waals surface area (Å²) >= 11 is 7.93. The molecule has 0 aliphatic carbocycles. The highest BCUT2D eigenvalue weighted by atomic mass is 35.5. The summed E-state index contributed by atoms with van der Waals surface area (Å²) in [5.41, 5.74) is 1.25. The first-order valence-corrected chi connectivity index (χ1v) is 12.6. The first-order valence-electron chi connectivity index (χ1n) is 9.97. The number of amides is 1. The molecule has 0 bridgehead atoms. The molecule has 1 saturated heterocycles. The Labute approximate surface area is 195 Å². The third-order valence-corrected chi connectivity index (χ3v) is 8.90. The van der Waals surface area contributed by atoms with Gasteiger partial charge in [-0.1, -0.05) is 11.6 Å². The predicted molar refractivity (Wildman–Crippen MR) is 122 cm³/mol. The van der Waals surface area contributed by atoms with E-state index in [1.807, 2.05) is 6.92 Å². The lowest BCUT2D eigenvalue weighted by Gasteiger charge is -2.34. The zero-order valence-corrected chi connectivity index (χ0v) is 20.2. The lowest BCUT2D eigenvalue weighted by molar-refractivity contribution is 0.0697. The monoisotopic (exact) mass is 496 g/mol. The van der Waals surface area contributed by atoms with E-state index in [0.717, 1.165) is 9.75 Å². The fourth-order valence-electron chi connectivity index (χ4n) is 3.79. The zero-order valence-electron chi connectivity index (χ0n) is 17.8. The van der Waals surface area contributed by atoms with Crippen molar-refractivity contribution in [1.82, 2.24) is 19.0 Å². The van der Waals surface area contributed by atoms with Crippen molar-refractivity contribution >= 4 is 38.9 Å². The van der Waals surface area contributed by atoms with Crippen molar-refractivity contribution in [2.45, 2.75) is 25.7 Å². The van der Waals surface area contributed by atoms with Crippen LogP contribution in [0.1, 0.15) is 25.8 Å². The van der Waals surface area contributed by atoms with Gasteiger partial charge >= 0.3 is 0 Å². The van der Waals surface area contributed by atoms with Gasteiger partial charge in [-0.15, -0.1) is 11.3 Å². The number of benzene rings is 1. The van der Waals surface area contributed by atoms with Crippen LogP contribution in [-0.2, 0) is 10.0 Å². The minimum atomic E-state index is -3.60. The van der Waals surface area contributed by atoms with E-state index in [2.05, 4.69) is 5.10 Å². The molecule has 0 unspecified atom stereocenters. The predicted octanol–water partition coefficient (Wildman–Crippen LogP) is 3.80. The van der Waals surface area contributed by atoms with Crippen molar-refractivity contribution in [2.24, 2.45) is 0 Å². The van der Waals surface area contributed by atoms with Crippen LogP contribution in [0.25, 0.3) is 5.69 Å². The van der Waals surface area contributed by atoms with Crippen LogP contribution in [0.4, 0.5) is 4.39 Å². The maximum absolute atomic E-state index is 13.2. The molecule has 1 aliphatic rings. The van der Waals surface area contributed by atoms with Gasteiger partial charge in [-0.05, 0) is 51.1 Å². The van der Waals surface area contributed by atoms with Gasteiger partial charge in [-0.25, -0.2) is 17.5 Å². The second kappa shape index (κ2) is 8.58.